The Balaban J connectivity index is 2.40. The first-order valence-electron chi connectivity index (χ1n) is 2.01. The van der Waals surface area contributed by atoms with Crippen LogP contribution in [0.3, 0.4) is 0 Å². The van der Waals surface area contributed by atoms with Crippen molar-refractivity contribution < 1.29 is 9.90 Å². The molecule has 0 aromatic heterocycles. The molecule has 1 fully saturated rings. The molecule has 3 N–H and O–H groups in total. The van der Waals surface area contributed by atoms with Gasteiger partial charge in [-0.3, -0.25) is 10.2 Å². The van der Waals surface area contributed by atoms with E-state index in [0.29, 0.717) is 0 Å². The van der Waals surface area contributed by atoms with E-state index in [1.165, 1.54) is 0 Å². The van der Waals surface area contributed by atoms with Crippen LogP contribution in [0.4, 0.5) is 0 Å². The average Bonchev–Trinajstić information content (AvgIpc) is 1.87. The summed E-state index contributed by atoms with van der Waals surface area (Å²) in [5, 5.41) is 8.51. The van der Waals surface area contributed by atoms with E-state index in [9.17, 15) is 4.79 Å². The highest BCUT2D eigenvalue weighted by molar-refractivity contribution is 5.77. The Morgan fingerprint density at radius 3 is 2.71 bits per heavy atom. The number of hydrazine groups is 1. The van der Waals surface area contributed by atoms with Crippen molar-refractivity contribution in [3.63, 3.8) is 0 Å². The Bertz CT molecular complexity index is 92.9. The van der Waals surface area contributed by atoms with Gasteiger partial charge in [0.2, 0.25) is 5.91 Å². The van der Waals surface area contributed by atoms with E-state index in [1.807, 2.05) is 0 Å². The first kappa shape index (κ1) is 4.55. The monoisotopic (exact) mass is 102 g/mol. The summed E-state index contributed by atoms with van der Waals surface area (Å²) in [5.74, 6) is -0.160. The van der Waals surface area contributed by atoms with Crippen molar-refractivity contribution in [1.82, 2.24) is 10.9 Å². The predicted octanol–water partition coefficient (Wildman–Crippen LogP) is -1.67. The molecule has 4 nitrogen and oxygen atoms in total. The molecule has 0 radical (unpaired) electrons. The zero-order valence-corrected chi connectivity index (χ0v) is 3.64. The SMILES string of the molecule is O=C1CC(O)NN1. The topological polar surface area (TPSA) is 61.4 Å². The van der Waals surface area contributed by atoms with E-state index in [-0.39, 0.29) is 12.3 Å². The maximum Gasteiger partial charge on any atom is 0.238 e. The number of nitrogens with one attached hydrogen (secondary N) is 2. The lowest BCUT2D eigenvalue weighted by Crippen LogP contribution is -2.30. The second-order valence-corrected chi connectivity index (χ2v) is 1.41. The summed E-state index contributed by atoms with van der Waals surface area (Å²) in [7, 11) is 0. The van der Waals surface area contributed by atoms with E-state index < -0.39 is 6.23 Å². The van der Waals surface area contributed by atoms with Gasteiger partial charge in [-0.05, 0) is 0 Å². The molecule has 0 aromatic carbocycles. The van der Waals surface area contributed by atoms with Gasteiger partial charge in [-0.25, -0.2) is 5.43 Å². The smallest absolute Gasteiger partial charge is 0.238 e. The fourth-order valence-corrected chi connectivity index (χ4v) is 0.441. The predicted molar refractivity (Wildman–Crippen MR) is 21.9 cm³/mol. The van der Waals surface area contributed by atoms with Crippen molar-refractivity contribution in [1.29, 1.82) is 0 Å². The van der Waals surface area contributed by atoms with Crippen LogP contribution >= 0.6 is 0 Å². The average molecular weight is 102 g/mol. The second kappa shape index (κ2) is 1.48. The molecule has 0 aromatic rings. The van der Waals surface area contributed by atoms with Gasteiger partial charge < -0.3 is 5.11 Å². The van der Waals surface area contributed by atoms with E-state index in [0.717, 1.165) is 0 Å². The number of carbonyl (C=O) groups is 1. The number of carbonyl (C=O) groups excluding carboxylic acids is 1. The molecule has 1 aliphatic rings. The summed E-state index contributed by atoms with van der Waals surface area (Å²) in [5.41, 5.74) is 4.56. The van der Waals surface area contributed by atoms with Crippen LogP contribution in [-0.4, -0.2) is 17.2 Å². The van der Waals surface area contributed by atoms with Crippen LogP contribution < -0.4 is 10.9 Å². The van der Waals surface area contributed by atoms with Crippen LogP contribution in [-0.2, 0) is 4.79 Å². The molecule has 1 atom stereocenters. The summed E-state index contributed by atoms with van der Waals surface area (Å²) < 4.78 is 0. The summed E-state index contributed by atoms with van der Waals surface area (Å²) in [6.07, 6.45) is -0.521. The number of aliphatic hydroxyl groups is 1. The van der Waals surface area contributed by atoms with Gasteiger partial charge in [0.05, 0.1) is 6.42 Å². The Morgan fingerprint density at radius 1 is 1.86 bits per heavy atom. The number of aliphatic hydroxyl groups excluding tert-OH is 1. The summed E-state index contributed by atoms with van der Waals surface area (Å²) in [6, 6.07) is 0. The Labute approximate surface area is 40.5 Å². The lowest BCUT2D eigenvalue weighted by atomic mass is 10.4. The Kier molecular flexibility index (Phi) is 0.958. The third-order valence-electron chi connectivity index (χ3n) is 0.757. The Hall–Kier alpha value is -0.610. The van der Waals surface area contributed by atoms with Gasteiger partial charge in [-0.15, -0.1) is 0 Å². The molecule has 0 saturated carbocycles. The summed E-state index contributed by atoms with van der Waals surface area (Å²) in [4.78, 5) is 10.1. The van der Waals surface area contributed by atoms with Gasteiger partial charge in [-0.2, -0.15) is 0 Å². The summed E-state index contributed by atoms with van der Waals surface area (Å²) >= 11 is 0. The maximum absolute atomic E-state index is 10.1. The number of rotatable bonds is 0. The fourth-order valence-electron chi connectivity index (χ4n) is 0.441. The second-order valence-electron chi connectivity index (χ2n) is 1.41. The minimum absolute atomic E-state index is 0.160. The molecule has 1 unspecified atom stereocenters. The molecular formula is C3H6N2O2. The van der Waals surface area contributed by atoms with E-state index in [2.05, 4.69) is 10.9 Å². The molecule has 0 aliphatic carbocycles. The van der Waals surface area contributed by atoms with Crippen molar-refractivity contribution >= 4 is 5.91 Å². The van der Waals surface area contributed by atoms with Crippen LogP contribution in [0.25, 0.3) is 0 Å². The molecule has 1 amide bonds. The summed E-state index contributed by atoms with van der Waals surface area (Å²) in [6.45, 7) is 0. The standard InChI is InChI=1S/C3H6N2O2/c6-2-1-3(7)5-4-2/h2,4,6H,1H2,(H,5,7). The first-order valence-corrected chi connectivity index (χ1v) is 2.01. The first-order chi connectivity index (χ1) is 3.29. The fraction of sp³-hybridized carbons (Fsp3) is 0.667. The van der Waals surface area contributed by atoms with Gasteiger partial charge in [-0.1, -0.05) is 0 Å². The van der Waals surface area contributed by atoms with Gasteiger partial charge in [0.25, 0.3) is 0 Å². The van der Waals surface area contributed by atoms with Crippen molar-refractivity contribution in [3.8, 4) is 0 Å². The third-order valence-corrected chi connectivity index (χ3v) is 0.757. The third kappa shape index (κ3) is 0.880. The number of hydrogen-bond donors (Lipinski definition) is 3. The number of amides is 1. The van der Waals surface area contributed by atoms with Crippen LogP contribution in [0.2, 0.25) is 0 Å². The van der Waals surface area contributed by atoms with Crippen LogP contribution in [0.15, 0.2) is 0 Å². The highest BCUT2D eigenvalue weighted by Gasteiger charge is 2.16. The number of hydrogen-bond acceptors (Lipinski definition) is 3. The maximum atomic E-state index is 10.1. The van der Waals surface area contributed by atoms with Gasteiger partial charge in [0.1, 0.15) is 6.23 Å². The molecule has 1 rings (SSSR count). The van der Waals surface area contributed by atoms with Crippen molar-refractivity contribution in [2.45, 2.75) is 12.6 Å². The van der Waals surface area contributed by atoms with Crippen LogP contribution in [0, 0.1) is 0 Å². The zero-order valence-electron chi connectivity index (χ0n) is 3.64. The van der Waals surface area contributed by atoms with Crippen molar-refractivity contribution in [2.75, 3.05) is 0 Å². The minimum Gasteiger partial charge on any atom is -0.376 e. The van der Waals surface area contributed by atoms with E-state index in [4.69, 9.17) is 5.11 Å². The molecule has 40 valence electrons. The van der Waals surface area contributed by atoms with Gasteiger partial charge >= 0.3 is 0 Å². The van der Waals surface area contributed by atoms with Gasteiger partial charge in [0.15, 0.2) is 0 Å². The lowest BCUT2D eigenvalue weighted by molar-refractivity contribution is -0.119. The van der Waals surface area contributed by atoms with Gasteiger partial charge in [0, 0.05) is 0 Å². The van der Waals surface area contributed by atoms with Crippen LogP contribution in [0.5, 0.6) is 0 Å². The largest absolute Gasteiger partial charge is 0.376 e. The van der Waals surface area contributed by atoms with Crippen LogP contribution in [0.1, 0.15) is 6.42 Å². The molecule has 1 saturated heterocycles. The molecule has 7 heavy (non-hydrogen) atoms. The molecule has 4 heteroatoms. The molecular weight excluding hydrogens is 96.0 g/mol. The highest BCUT2D eigenvalue weighted by atomic mass is 16.3. The van der Waals surface area contributed by atoms with Crippen molar-refractivity contribution in [3.05, 3.63) is 0 Å². The lowest BCUT2D eigenvalue weighted by Gasteiger charge is -1.92. The normalized spacial score (nSPS) is 30.4. The molecule has 0 bridgehead atoms. The van der Waals surface area contributed by atoms with Crippen molar-refractivity contribution in [2.24, 2.45) is 0 Å². The quantitative estimate of drug-likeness (QED) is 0.342. The zero-order chi connectivity index (χ0) is 5.28. The molecule has 0 spiro atoms. The molecule has 1 aliphatic heterocycles. The minimum atomic E-state index is -0.688. The Morgan fingerprint density at radius 2 is 2.57 bits per heavy atom. The van der Waals surface area contributed by atoms with E-state index in [1.54, 1.807) is 0 Å². The highest BCUT2D eigenvalue weighted by Crippen LogP contribution is 1.89. The van der Waals surface area contributed by atoms with E-state index >= 15 is 0 Å². The molecule has 1 heterocycles.